The van der Waals surface area contributed by atoms with E-state index in [0.29, 0.717) is 17.5 Å². The molecule has 1 aromatic carbocycles. The Labute approximate surface area is 127 Å². The van der Waals surface area contributed by atoms with Crippen molar-refractivity contribution in [3.8, 4) is 0 Å². The number of rotatable bonds is 5. The molecular weight excluding hydrogens is 284 g/mol. The highest BCUT2D eigenvalue weighted by Gasteiger charge is 2.39. The number of anilines is 1. The molecule has 1 saturated heterocycles. The van der Waals surface area contributed by atoms with Crippen molar-refractivity contribution in [1.82, 2.24) is 4.90 Å². The third-order valence-corrected chi connectivity index (χ3v) is 6.27. The summed E-state index contributed by atoms with van der Waals surface area (Å²) >= 11 is 0. The molecule has 0 N–H and O–H groups in total. The molecule has 21 heavy (non-hydrogen) atoms. The van der Waals surface area contributed by atoms with Gasteiger partial charge >= 0.3 is 0 Å². The van der Waals surface area contributed by atoms with Crippen LogP contribution in [-0.4, -0.2) is 51.0 Å². The SMILES string of the molecule is CN(C)c1ccccc1CN(C1CC1)C1CCS(=O)(=O)C1. The third-order valence-electron chi connectivity index (χ3n) is 4.52. The van der Waals surface area contributed by atoms with E-state index >= 15 is 0 Å². The van der Waals surface area contributed by atoms with Crippen molar-refractivity contribution in [3.63, 3.8) is 0 Å². The summed E-state index contributed by atoms with van der Waals surface area (Å²) in [5.41, 5.74) is 2.52. The Bertz CT molecular complexity index is 608. The molecule has 0 aromatic heterocycles. The van der Waals surface area contributed by atoms with E-state index in [1.165, 1.54) is 24.1 Å². The molecule has 1 unspecified atom stereocenters. The lowest BCUT2D eigenvalue weighted by Gasteiger charge is -2.30. The molecule has 1 aliphatic carbocycles. The number of nitrogens with zero attached hydrogens (tertiary/aromatic N) is 2. The first-order valence-corrected chi connectivity index (χ1v) is 9.50. The van der Waals surface area contributed by atoms with Crippen molar-refractivity contribution >= 4 is 15.5 Å². The predicted octanol–water partition coefficient (Wildman–Crippen LogP) is 1.90. The van der Waals surface area contributed by atoms with Crippen molar-refractivity contribution in [2.75, 3.05) is 30.5 Å². The van der Waals surface area contributed by atoms with E-state index in [1.807, 2.05) is 0 Å². The van der Waals surface area contributed by atoms with Crippen LogP contribution in [0.4, 0.5) is 5.69 Å². The van der Waals surface area contributed by atoms with E-state index in [1.54, 1.807) is 0 Å². The molecule has 0 radical (unpaired) electrons. The highest BCUT2D eigenvalue weighted by atomic mass is 32.2. The van der Waals surface area contributed by atoms with E-state index in [-0.39, 0.29) is 6.04 Å². The van der Waals surface area contributed by atoms with E-state index in [9.17, 15) is 8.42 Å². The van der Waals surface area contributed by atoms with Crippen molar-refractivity contribution in [2.45, 2.75) is 37.9 Å². The van der Waals surface area contributed by atoms with Crippen molar-refractivity contribution in [2.24, 2.45) is 0 Å². The fraction of sp³-hybridized carbons (Fsp3) is 0.625. The van der Waals surface area contributed by atoms with Gasteiger partial charge in [-0.15, -0.1) is 0 Å². The van der Waals surface area contributed by atoms with Crippen LogP contribution < -0.4 is 4.90 Å². The van der Waals surface area contributed by atoms with Crippen molar-refractivity contribution < 1.29 is 8.42 Å². The second-order valence-electron chi connectivity index (χ2n) is 6.48. The zero-order valence-corrected chi connectivity index (χ0v) is 13.6. The van der Waals surface area contributed by atoms with Crippen LogP contribution in [0.1, 0.15) is 24.8 Å². The van der Waals surface area contributed by atoms with E-state index in [2.05, 4.69) is 48.2 Å². The molecule has 5 heteroatoms. The Kier molecular flexibility index (Phi) is 3.97. The predicted molar refractivity (Wildman–Crippen MR) is 86.4 cm³/mol. The average Bonchev–Trinajstić information content (AvgIpc) is 3.20. The van der Waals surface area contributed by atoms with Crippen LogP contribution in [0.25, 0.3) is 0 Å². The Morgan fingerprint density at radius 3 is 2.38 bits per heavy atom. The van der Waals surface area contributed by atoms with Gasteiger partial charge in [0.2, 0.25) is 0 Å². The summed E-state index contributed by atoms with van der Waals surface area (Å²) in [6, 6.07) is 9.20. The zero-order chi connectivity index (χ0) is 15.0. The van der Waals surface area contributed by atoms with E-state index in [4.69, 9.17) is 0 Å². The molecular formula is C16H24N2O2S. The first kappa shape index (κ1) is 14.9. The van der Waals surface area contributed by atoms with Crippen LogP contribution in [-0.2, 0) is 16.4 Å². The summed E-state index contributed by atoms with van der Waals surface area (Å²) in [5, 5.41) is 0. The fourth-order valence-electron chi connectivity index (χ4n) is 3.28. The number of hydrogen-bond donors (Lipinski definition) is 0. The summed E-state index contributed by atoms with van der Waals surface area (Å²) in [7, 11) is 1.29. The largest absolute Gasteiger partial charge is 0.377 e. The monoisotopic (exact) mass is 308 g/mol. The summed E-state index contributed by atoms with van der Waals surface area (Å²) in [5.74, 6) is 0.698. The standard InChI is InChI=1S/C16H24N2O2S/c1-17(2)16-6-4-3-5-13(16)11-18(14-7-8-14)15-9-10-21(19,20)12-15/h3-6,14-15H,7-12H2,1-2H3. The fourth-order valence-corrected chi connectivity index (χ4v) is 5.02. The van der Waals surface area contributed by atoms with Crippen molar-refractivity contribution in [1.29, 1.82) is 0 Å². The van der Waals surface area contributed by atoms with Gasteiger partial charge in [-0.1, -0.05) is 18.2 Å². The zero-order valence-electron chi connectivity index (χ0n) is 12.8. The Morgan fingerprint density at radius 2 is 1.81 bits per heavy atom. The van der Waals surface area contributed by atoms with Gasteiger partial charge in [0.05, 0.1) is 11.5 Å². The maximum absolute atomic E-state index is 11.8. The van der Waals surface area contributed by atoms with Gasteiger partial charge < -0.3 is 4.90 Å². The molecule has 2 fully saturated rings. The molecule has 1 aromatic rings. The van der Waals surface area contributed by atoms with Crippen LogP contribution in [0.3, 0.4) is 0 Å². The van der Waals surface area contributed by atoms with Gasteiger partial charge in [0.15, 0.2) is 9.84 Å². The average molecular weight is 308 g/mol. The van der Waals surface area contributed by atoms with Crippen LogP contribution in [0, 0.1) is 0 Å². The van der Waals surface area contributed by atoms with Crippen molar-refractivity contribution in [3.05, 3.63) is 29.8 Å². The highest BCUT2D eigenvalue weighted by molar-refractivity contribution is 7.91. The minimum atomic E-state index is -2.82. The second kappa shape index (κ2) is 5.61. The minimum Gasteiger partial charge on any atom is -0.377 e. The first-order chi connectivity index (χ1) is 9.96. The van der Waals surface area contributed by atoms with Crippen LogP contribution in [0.2, 0.25) is 0 Å². The normalized spacial score (nSPS) is 24.4. The van der Waals surface area contributed by atoms with Crippen LogP contribution in [0.15, 0.2) is 24.3 Å². The Balaban J connectivity index is 1.81. The molecule has 1 saturated carbocycles. The molecule has 0 bridgehead atoms. The topological polar surface area (TPSA) is 40.6 Å². The lowest BCUT2D eigenvalue weighted by Crippen LogP contribution is -2.37. The number of sulfone groups is 1. The molecule has 0 spiro atoms. The molecule has 116 valence electrons. The van der Waals surface area contributed by atoms with Gasteiger partial charge in [-0.25, -0.2) is 8.42 Å². The quantitative estimate of drug-likeness (QED) is 0.833. The molecule has 1 atom stereocenters. The van der Waals surface area contributed by atoms with Gasteiger partial charge in [0.1, 0.15) is 0 Å². The smallest absolute Gasteiger partial charge is 0.151 e. The number of para-hydroxylation sites is 1. The second-order valence-corrected chi connectivity index (χ2v) is 8.71. The Morgan fingerprint density at radius 1 is 1.10 bits per heavy atom. The summed E-state index contributed by atoms with van der Waals surface area (Å²) in [6.07, 6.45) is 3.21. The maximum atomic E-state index is 11.8. The molecule has 0 amide bonds. The molecule has 1 heterocycles. The van der Waals surface area contributed by atoms with Gasteiger partial charge in [-0.05, 0) is 30.9 Å². The van der Waals surface area contributed by atoms with Crippen LogP contribution in [0.5, 0.6) is 0 Å². The van der Waals surface area contributed by atoms with Gasteiger partial charge in [-0.2, -0.15) is 0 Å². The molecule has 3 rings (SSSR count). The summed E-state index contributed by atoms with van der Waals surface area (Å²) in [4.78, 5) is 4.57. The molecule has 4 nitrogen and oxygen atoms in total. The minimum absolute atomic E-state index is 0.206. The maximum Gasteiger partial charge on any atom is 0.151 e. The van der Waals surface area contributed by atoms with E-state index in [0.717, 1.165) is 13.0 Å². The Hall–Kier alpha value is -1.07. The third kappa shape index (κ3) is 3.40. The summed E-state index contributed by atoms with van der Waals surface area (Å²) < 4.78 is 23.6. The lowest BCUT2D eigenvalue weighted by atomic mass is 10.1. The van der Waals surface area contributed by atoms with Gasteiger partial charge in [0, 0.05) is 38.4 Å². The highest BCUT2D eigenvalue weighted by Crippen LogP contribution is 2.34. The first-order valence-electron chi connectivity index (χ1n) is 7.68. The van der Waals surface area contributed by atoms with Crippen LogP contribution >= 0.6 is 0 Å². The number of hydrogen-bond acceptors (Lipinski definition) is 4. The number of benzene rings is 1. The van der Waals surface area contributed by atoms with Gasteiger partial charge in [0.25, 0.3) is 0 Å². The van der Waals surface area contributed by atoms with E-state index < -0.39 is 9.84 Å². The molecule has 2 aliphatic rings. The lowest BCUT2D eigenvalue weighted by molar-refractivity contribution is 0.193. The molecule has 1 aliphatic heterocycles. The summed E-state index contributed by atoms with van der Waals surface area (Å²) in [6.45, 7) is 0.860. The van der Waals surface area contributed by atoms with Gasteiger partial charge in [-0.3, -0.25) is 4.90 Å².